The Morgan fingerprint density at radius 2 is 1.73 bits per heavy atom. The summed E-state index contributed by atoms with van der Waals surface area (Å²) in [5.74, 6) is -0.0391. The number of carbonyl (C=O) groups is 1. The number of nitrogens with zero attached hydrogens (tertiary/aromatic N) is 1. The van der Waals surface area contributed by atoms with Gasteiger partial charge in [0.25, 0.3) is 5.91 Å². The van der Waals surface area contributed by atoms with Gasteiger partial charge in [-0.25, -0.2) is 0 Å². The molecule has 0 bridgehead atoms. The molecule has 0 saturated carbocycles. The van der Waals surface area contributed by atoms with Crippen molar-refractivity contribution in [3.8, 4) is 0 Å². The number of nitrogens with two attached hydrogens (primary N) is 1. The first-order valence-electron chi connectivity index (χ1n) is 9.18. The molecule has 0 radical (unpaired) electrons. The number of hydrogen-bond acceptors (Lipinski definition) is 4. The van der Waals surface area contributed by atoms with Crippen LogP contribution in [0.4, 0.5) is 0 Å². The molecule has 0 aromatic heterocycles. The van der Waals surface area contributed by atoms with Crippen LogP contribution in [0.5, 0.6) is 0 Å². The first-order valence-corrected chi connectivity index (χ1v) is 9.18. The number of amides is 1. The van der Waals surface area contributed by atoms with Gasteiger partial charge in [-0.1, -0.05) is 42.5 Å². The number of benzene rings is 2. The maximum atomic E-state index is 12.7. The average molecular weight is 353 g/mol. The third-order valence-electron chi connectivity index (χ3n) is 4.69. The van der Waals surface area contributed by atoms with Gasteiger partial charge < -0.3 is 15.8 Å². The van der Waals surface area contributed by atoms with Gasteiger partial charge in [0.15, 0.2) is 0 Å². The van der Waals surface area contributed by atoms with Gasteiger partial charge in [-0.15, -0.1) is 0 Å². The van der Waals surface area contributed by atoms with Crippen LogP contribution in [0.2, 0.25) is 0 Å². The molecule has 1 amide bonds. The Labute approximate surface area is 155 Å². The Bertz CT molecular complexity index is 682. The Hall–Kier alpha value is -2.21. The minimum atomic E-state index is -0.0391. The van der Waals surface area contributed by atoms with Crippen molar-refractivity contribution in [2.24, 2.45) is 5.73 Å². The third kappa shape index (κ3) is 5.39. The van der Waals surface area contributed by atoms with E-state index in [0.717, 1.165) is 44.8 Å². The van der Waals surface area contributed by atoms with Crippen molar-refractivity contribution >= 4 is 5.91 Å². The fraction of sp³-hybridized carbons (Fsp3) is 0.381. The fourth-order valence-electron chi connectivity index (χ4n) is 3.22. The van der Waals surface area contributed by atoms with Crippen LogP contribution in [-0.2, 0) is 17.7 Å². The van der Waals surface area contributed by atoms with E-state index >= 15 is 0 Å². The average Bonchev–Trinajstić information content (AvgIpc) is 2.69. The predicted molar refractivity (Wildman–Crippen MR) is 103 cm³/mol. The highest BCUT2D eigenvalue weighted by Crippen LogP contribution is 2.09. The smallest absolute Gasteiger partial charge is 0.251 e. The molecule has 3 rings (SSSR count). The summed E-state index contributed by atoms with van der Waals surface area (Å²) in [4.78, 5) is 15.1. The molecule has 0 spiro atoms. The van der Waals surface area contributed by atoms with Crippen LogP contribution in [0.3, 0.4) is 0 Å². The summed E-state index contributed by atoms with van der Waals surface area (Å²) in [5.41, 5.74) is 8.55. The van der Waals surface area contributed by atoms with Crippen LogP contribution in [0.25, 0.3) is 0 Å². The molecular formula is C21H27N3O2. The quantitative estimate of drug-likeness (QED) is 0.797. The molecule has 1 aliphatic heterocycles. The molecule has 2 aromatic rings. The molecule has 5 heteroatoms. The van der Waals surface area contributed by atoms with Gasteiger partial charge in [0.1, 0.15) is 0 Å². The molecular weight excluding hydrogens is 326 g/mol. The molecule has 1 heterocycles. The molecule has 1 saturated heterocycles. The Kier molecular flexibility index (Phi) is 6.77. The summed E-state index contributed by atoms with van der Waals surface area (Å²) in [7, 11) is 0. The lowest BCUT2D eigenvalue weighted by molar-refractivity contribution is 0.0333. The summed E-state index contributed by atoms with van der Waals surface area (Å²) in [5, 5.41) is 3.21. The minimum Gasteiger partial charge on any atom is -0.379 e. The van der Waals surface area contributed by atoms with E-state index in [1.807, 2.05) is 42.5 Å². The highest BCUT2D eigenvalue weighted by molar-refractivity contribution is 5.94. The molecule has 1 unspecified atom stereocenters. The Morgan fingerprint density at radius 3 is 2.38 bits per heavy atom. The molecule has 1 aliphatic rings. The molecule has 3 N–H and O–H groups in total. The maximum Gasteiger partial charge on any atom is 0.251 e. The monoisotopic (exact) mass is 353 g/mol. The van der Waals surface area contributed by atoms with Gasteiger partial charge >= 0.3 is 0 Å². The van der Waals surface area contributed by atoms with Crippen LogP contribution >= 0.6 is 0 Å². The number of rotatable bonds is 7. The van der Waals surface area contributed by atoms with Gasteiger partial charge in [-0.2, -0.15) is 0 Å². The van der Waals surface area contributed by atoms with Crippen molar-refractivity contribution in [3.63, 3.8) is 0 Å². The van der Waals surface area contributed by atoms with Crippen molar-refractivity contribution in [1.82, 2.24) is 10.2 Å². The van der Waals surface area contributed by atoms with Gasteiger partial charge in [0, 0.05) is 37.8 Å². The van der Waals surface area contributed by atoms with Crippen LogP contribution in [-0.4, -0.2) is 49.7 Å². The third-order valence-corrected chi connectivity index (χ3v) is 4.69. The predicted octanol–water partition coefficient (Wildman–Crippen LogP) is 1.82. The normalized spacial score (nSPS) is 16.2. The van der Waals surface area contributed by atoms with Gasteiger partial charge in [-0.05, 0) is 29.7 Å². The fourth-order valence-corrected chi connectivity index (χ4v) is 3.22. The van der Waals surface area contributed by atoms with Crippen molar-refractivity contribution in [2.75, 3.05) is 32.8 Å². The minimum absolute atomic E-state index is 0.0391. The molecule has 2 aromatic carbocycles. The van der Waals surface area contributed by atoms with E-state index in [0.29, 0.717) is 12.1 Å². The Morgan fingerprint density at radius 1 is 1.04 bits per heavy atom. The molecule has 1 atom stereocenters. The summed E-state index contributed by atoms with van der Waals surface area (Å²) in [6.45, 7) is 4.64. The second-order valence-corrected chi connectivity index (χ2v) is 6.67. The summed E-state index contributed by atoms with van der Waals surface area (Å²) in [6, 6.07) is 17.8. The highest BCUT2D eigenvalue weighted by atomic mass is 16.5. The largest absolute Gasteiger partial charge is 0.379 e. The van der Waals surface area contributed by atoms with Crippen molar-refractivity contribution in [3.05, 3.63) is 71.3 Å². The molecule has 26 heavy (non-hydrogen) atoms. The number of hydrogen-bond donors (Lipinski definition) is 2. The lowest BCUT2D eigenvalue weighted by Crippen LogP contribution is -2.48. The van der Waals surface area contributed by atoms with E-state index in [9.17, 15) is 4.79 Å². The van der Waals surface area contributed by atoms with E-state index in [-0.39, 0.29) is 11.9 Å². The SMILES string of the molecule is NCc1ccc(C(=O)NC(Cc2ccccc2)CN2CCOCC2)cc1. The van der Waals surface area contributed by atoms with Crippen LogP contribution < -0.4 is 11.1 Å². The first kappa shape index (κ1) is 18.6. The van der Waals surface area contributed by atoms with Crippen LogP contribution in [0.15, 0.2) is 54.6 Å². The van der Waals surface area contributed by atoms with E-state index in [1.165, 1.54) is 5.56 Å². The highest BCUT2D eigenvalue weighted by Gasteiger charge is 2.19. The summed E-state index contributed by atoms with van der Waals surface area (Å²) >= 11 is 0. The van der Waals surface area contributed by atoms with E-state index in [1.54, 1.807) is 0 Å². The zero-order chi connectivity index (χ0) is 18.2. The van der Waals surface area contributed by atoms with Gasteiger partial charge in [0.2, 0.25) is 0 Å². The lowest BCUT2D eigenvalue weighted by atomic mass is 10.0. The molecule has 1 fully saturated rings. The van der Waals surface area contributed by atoms with Gasteiger partial charge in [0.05, 0.1) is 13.2 Å². The number of nitrogens with one attached hydrogen (secondary N) is 1. The second kappa shape index (κ2) is 9.48. The zero-order valence-corrected chi connectivity index (χ0v) is 15.1. The maximum absolute atomic E-state index is 12.7. The summed E-state index contributed by atoms with van der Waals surface area (Å²) < 4.78 is 5.43. The van der Waals surface area contributed by atoms with Crippen molar-refractivity contribution in [1.29, 1.82) is 0 Å². The summed E-state index contributed by atoms with van der Waals surface area (Å²) in [6.07, 6.45) is 0.810. The number of morpholine rings is 1. The topological polar surface area (TPSA) is 67.6 Å². The first-order chi connectivity index (χ1) is 12.7. The van der Waals surface area contributed by atoms with Crippen molar-refractivity contribution < 1.29 is 9.53 Å². The van der Waals surface area contributed by atoms with E-state index in [2.05, 4.69) is 22.3 Å². The molecule has 5 nitrogen and oxygen atoms in total. The Balaban J connectivity index is 1.67. The number of ether oxygens (including phenoxy) is 1. The molecule has 0 aliphatic carbocycles. The van der Waals surface area contributed by atoms with Crippen LogP contribution in [0, 0.1) is 0 Å². The van der Waals surface area contributed by atoms with E-state index in [4.69, 9.17) is 10.5 Å². The lowest BCUT2D eigenvalue weighted by Gasteiger charge is -2.31. The van der Waals surface area contributed by atoms with Crippen molar-refractivity contribution in [2.45, 2.75) is 19.0 Å². The molecule has 138 valence electrons. The van der Waals surface area contributed by atoms with Crippen LogP contribution in [0.1, 0.15) is 21.5 Å². The zero-order valence-electron chi connectivity index (χ0n) is 15.1. The van der Waals surface area contributed by atoms with E-state index < -0.39 is 0 Å². The standard InChI is InChI=1S/C21H27N3O2/c22-15-18-6-8-19(9-7-18)21(25)23-20(14-17-4-2-1-3-5-17)16-24-10-12-26-13-11-24/h1-9,20H,10-16,22H2,(H,23,25). The second-order valence-electron chi connectivity index (χ2n) is 6.67. The number of carbonyl (C=O) groups excluding carboxylic acids is 1. The van der Waals surface area contributed by atoms with Gasteiger partial charge in [-0.3, -0.25) is 9.69 Å².